The minimum Gasteiger partial charge on any atom is -0.311 e. The summed E-state index contributed by atoms with van der Waals surface area (Å²) in [5, 5.41) is 3.87. The number of hydrogen-bond donors (Lipinski definition) is 0. The molecule has 1 nitrogen and oxygen atoms in total. The first-order valence-electron chi connectivity index (χ1n) is 27.5. The van der Waals surface area contributed by atoms with Crippen molar-refractivity contribution in [3.8, 4) is 66.8 Å². The number of rotatable bonds is 10. The number of thiophene rings is 1. The van der Waals surface area contributed by atoms with Crippen molar-refractivity contribution < 1.29 is 0 Å². The summed E-state index contributed by atoms with van der Waals surface area (Å²) in [6, 6.07) is 106. The fourth-order valence-electron chi connectivity index (χ4n) is 12.7. The molecule has 0 saturated carbocycles. The summed E-state index contributed by atoms with van der Waals surface area (Å²) in [6.07, 6.45) is 6.90. The van der Waals surface area contributed by atoms with E-state index in [0.29, 0.717) is 0 Å². The van der Waals surface area contributed by atoms with E-state index in [1.807, 2.05) is 11.3 Å². The zero-order chi connectivity index (χ0) is 52.3. The molecule has 0 N–H and O–H groups in total. The third kappa shape index (κ3) is 8.15. The first-order chi connectivity index (χ1) is 39.1. The molecule has 13 aromatic rings. The molecule has 12 aromatic carbocycles. The van der Waals surface area contributed by atoms with E-state index in [2.05, 4.69) is 302 Å². The summed E-state index contributed by atoms with van der Waals surface area (Å²) in [4.78, 5) is 3.89. The second-order valence-electron chi connectivity index (χ2n) is 21.1. The van der Waals surface area contributed by atoms with E-state index in [9.17, 15) is 0 Å². The molecule has 0 unspecified atom stereocenters. The maximum absolute atomic E-state index is 2.45. The van der Waals surface area contributed by atoms with E-state index >= 15 is 0 Å². The highest BCUT2D eigenvalue weighted by Crippen LogP contribution is 2.57. The largest absolute Gasteiger partial charge is 0.311 e. The van der Waals surface area contributed by atoms with Gasteiger partial charge in [-0.15, -0.1) is 11.3 Å². The van der Waals surface area contributed by atoms with Crippen LogP contribution >= 0.6 is 11.3 Å². The van der Waals surface area contributed by atoms with Crippen LogP contribution in [0.5, 0.6) is 0 Å². The third-order valence-corrected chi connectivity index (χ3v) is 17.9. The second kappa shape index (κ2) is 19.4. The van der Waals surface area contributed by atoms with Crippen molar-refractivity contribution in [2.24, 2.45) is 0 Å². The van der Waals surface area contributed by atoms with E-state index in [0.717, 1.165) is 29.9 Å². The average molecular weight is 1020 g/mol. The van der Waals surface area contributed by atoms with Crippen molar-refractivity contribution in [3.63, 3.8) is 0 Å². The lowest BCUT2D eigenvalue weighted by Gasteiger charge is -2.34. The van der Waals surface area contributed by atoms with Crippen molar-refractivity contribution in [1.29, 1.82) is 0 Å². The van der Waals surface area contributed by atoms with Gasteiger partial charge < -0.3 is 4.90 Å². The molecule has 0 spiro atoms. The van der Waals surface area contributed by atoms with Gasteiger partial charge in [0.1, 0.15) is 0 Å². The molecule has 0 amide bonds. The van der Waals surface area contributed by atoms with Crippen LogP contribution in [0.4, 0.5) is 17.1 Å². The van der Waals surface area contributed by atoms with Crippen molar-refractivity contribution in [1.82, 2.24) is 0 Å². The molecule has 15 rings (SSSR count). The molecule has 0 radical (unpaired) electrons. The zero-order valence-electron chi connectivity index (χ0n) is 43.6. The van der Waals surface area contributed by atoms with Gasteiger partial charge in [0.05, 0.1) is 5.41 Å². The topological polar surface area (TPSA) is 3.24 Å². The predicted molar refractivity (Wildman–Crippen MR) is 336 cm³/mol. The molecule has 1 aromatic heterocycles. The monoisotopic (exact) mass is 1020 g/mol. The van der Waals surface area contributed by atoms with Crippen LogP contribution in [0.25, 0.3) is 93.7 Å². The minimum atomic E-state index is -0.460. The fourth-order valence-corrected chi connectivity index (χ4v) is 13.9. The van der Waals surface area contributed by atoms with Crippen LogP contribution < -0.4 is 4.90 Å². The summed E-state index contributed by atoms with van der Waals surface area (Å²) in [5.41, 5.74) is 24.0. The Hall–Kier alpha value is -9.60. The number of anilines is 3. The van der Waals surface area contributed by atoms with Crippen LogP contribution in [0, 0.1) is 0 Å². The van der Waals surface area contributed by atoms with Crippen LogP contribution in [-0.2, 0) is 11.8 Å². The van der Waals surface area contributed by atoms with Crippen molar-refractivity contribution in [3.05, 3.63) is 324 Å². The Balaban J connectivity index is 0.773. The summed E-state index contributed by atoms with van der Waals surface area (Å²) < 4.78 is 1.37. The molecule has 1 heterocycles. The third-order valence-electron chi connectivity index (χ3n) is 16.6. The quantitative estimate of drug-likeness (QED) is 0.132. The van der Waals surface area contributed by atoms with Crippen LogP contribution in [0.3, 0.4) is 0 Å². The number of hydrogen-bond acceptors (Lipinski definition) is 2. The second-order valence-corrected chi connectivity index (χ2v) is 22.2. The molecule has 0 atom stereocenters. The number of benzene rings is 12. The van der Waals surface area contributed by atoms with Gasteiger partial charge in [-0.25, -0.2) is 0 Å². The molecule has 372 valence electrons. The maximum atomic E-state index is 2.45. The van der Waals surface area contributed by atoms with Crippen molar-refractivity contribution in [2.45, 2.75) is 18.3 Å². The molecule has 2 heteroatoms. The Kier molecular flexibility index (Phi) is 11.5. The first-order valence-corrected chi connectivity index (χ1v) is 28.3. The Morgan fingerprint density at radius 2 is 0.797 bits per heavy atom. The molecule has 0 bridgehead atoms. The van der Waals surface area contributed by atoms with Gasteiger partial charge in [-0.2, -0.15) is 0 Å². The normalized spacial score (nSPS) is 13.0. The number of aryl methyl sites for hydroxylation is 1. The predicted octanol–water partition coefficient (Wildman–Crippen LogP) is 21.2. The van der Waals surface area contributed by atoms with Gasteiger partial charge in [-0.05, 0) is 185 Å². The SMILES string of the molecule is C1=Cc2c(sc3ccc(-c4ccc(N(c5ccc(-c6ccc(-c7cccc(-c8ccc9ccccc9c8)c7)cc6)cc5)c5ccc(-c6ccc7c(c6)C(c6ccccc6)(c6ccccc6)c6ccccc6-7)cc5)cc4)cc23)CC1. The van der Waals surface area contributed by atoms with E-state index < -0.39 is 5.41 Å². The lowest BCUT2D eigenvalue weighted by Crippen LogP contribution is -2.28. The molecule has 79 heavy (non-hydrogen) atoms. The zero-order valence-corrected chi connectivity index (χ0v) is 44.4. The van der Waals surface area contributed by atoms with E-state index in [4.69, 9.17) is 0 Å². The van der Waals surface area contributed by atoms with Gasteiger partial charge in [0, 0.05) is 32.0 Å². The lowest BCUT2D eigenvalue weighted by atomic mass is 9.67. The summed E-state index contributed by atoms with van der Waals surface area (Å²) >= 11 is 1.95. The van der Waals surface area contributed by atoms with Gasteiger partial charge >= 0.3 is 0 Å². The Bertz CT molecular complexity index is 4390. The molecular formula is C77H53NS. The summed E-state index contributed by atoms with van der Waals surface area (Å²) in [5.74, 6) is 0. The fraction of sp³-hybridized carbons (Fsp3) is 0.0390. The minimum absolute atomic E-state index is 0.460. The summed E-state index contributed by atoms with van der Waals surface area (Å²) in [7, 11) is 0. The Morgan fingerprint density at radius 1 is 0.329 bits per heavy atom. The highest BCUT2D eigenvalue weighted by molar-refractivity contribution is 7.19. The Morgan fingerprint density at radius 3 is 1.44 bits per heavy atom. The average Bonchev–Trinajstić information content (AvgIpc) is 3.49. The lowest BCUT2D eigenvalue weighted by molar-refractivity contribution is 0.769. The van der Waals surface area contributed by atoms with Crippen molar-refractivity contribution in [2.75, 3.05) is 4.90 Å². The molecular weight excluding hydrogens is 971 g/mol. The Labute approximate surface area is 466 Å². The molecule has 0 saturated heterocycles. The van der Waals surface area contributed by atoms with Crippen LogP contribution in [0.2, 0.25) is 0 Å². The number of allylic oxidation sites excluding steroid dienone is 1. The smallest absolute Gasteiger partial charge is 0.0713 e. The molecule has 0 aliphatic heterocycles. The van der Waals surface area contributed by atoms with Gasteiger partial charge in [0.25, 0.3) is 0 Å². The van der Waals surface area contributed by atoms with E-state index in [1.54, 1.807) is 0 Å². The number of nitrogens with zero attached hydrogens (tertiary/aromatic N) is 1. The first kappa shape index (κ1) is 46.7. The highest BCUT2D eigenvalue weighted by Gasteiger charge is 2.46. The van der Waals surface area contributed by atoms with Gasteiger partial charge in [-0.3, -0.25) is 0 Å². The number of fused-ring (bicyclic) bond motifs is 7. The molecule has 0 fully saturated rings. The van der Waals surface area contributed by atoms with Crippen LogP contribution in [-0.4, -0.2) is 0 Å². The molecule has 2 aliphatic rings. The summed E-state index contributed by atoms with van der Waals surface area (Å²) in [6.45, 7) is 0. The van der Waals surface area contributed by atoms with Gasteiger partial charge in [-0.1, -0.05) is 231 Å². The van der Waals surface area contributed by atoms with Crippen molar-refractivity contribution >= 4 is 55.3 Å². The standard InChI is InChI=1S/C77H53NS/c1-3-18-64(19-4-1)77(65-20-5-2-6-21-65)73-24-11-9-22-69(73)70-46-38-63(51-74(70)77)57-36-44-68(45-37-57)78(67-42-34-56(35-43-67)62-39-47-76-72(50-62)71-23-10-12-25-75(71)79-76)66-40-32-54(33-41-66)53-26-28-55(29-27-53)59-16-13-17-60(48-59)61-31-30-52-14-7-8-15-58(52)49-61/h1-11,13-24,26-51H,12,25H2. The van der Waals surface area contributed by atoms with E-state index in [-0.39, 0.29) is 0 Å². The molecule has 2 aliphatic carbocycles. The van der Waals surface area contributed by atoms with Gasteiger partial charge in [0.2, 0.25) is 0 Å². The highest BCUT2D eigenvalue weighted by atomic mass is 32.1. The van der Waals surface area contributed by atoms with Crippen LogP contribution in [0.15, 0.2) is 291 Å². The van der Waals surface area contributed by atoms with Gasteiger partial charge in [0.15, 0.2) is 0 Å². The van der Waals surface area contributed by atoms with E-state index in [1.165, 1.54) is 120 Å². The maximum Gasteiger partial charge on any atom is 0.0713 e. The van der Waals surface area contributed by atoms with Crippen LogP contribution in [0.1, 0.15) is 39.1 Å².